The fourth-order valence-corrected chi connectivity index (χ4v) is 1.50. The van der Waals surface area contributed by atoms with Gasteiger partial charge in [-0.25, -0.2) is 4.39 Å². The van der Waals surface area contributed by atoms with Crippen molar-refractivity contribution in [3.8, 4) is 0 Å². The maximum absolute atomic E-state index is 13.3. The van der Waals surface area contributed by atoms with E-state index in [1.54, 1.807) is 26.2 Å². The highest BCUT2D eigenvalue weighted by Crippen LogP contribution is 2.12. The molecule has 0 spiro atoms. The Balaban J connectivity index is 2.40. The molecule has 0 saturated carbocycles. The zero-order valence-electron chi connectivity index (χ0n) is 10.9. The maximum Gasteiger partial charge on any atom is 0.239 e. The quantitative estimate of drug-likeness (QED) is 0.812. The number of carbonyl (C=O) groups excluding carboxylic acids is 1. The van der Waals surface area contributed by atoms with Crippen LogP contribution in [0.2, 0.25) is 0 Å². The second-order valence-electron chi connectivity index (χ2n) is 4.24. The number of anilines is 1. The SMILES string of the molecule is COCC(C)NC(=O)CNc1ccc(C)c(F)c1. The Hall–Kier alpha value is -1.62. The summed E-state index contributed by atoms with van der Waals surface area (Å²) >= 11 is 0. The van der Waals surface area contributed by atoms with Crippen LogP contribution in [0.3, 0.4) is 0 Å². The van der Waals surface area contributed by atoms with Gasteiger partial charge in [0.25, 0.3) is 0 Å². The number of aryl methyl sites for hydroxylation is 1. The van der Waals surface area contributed by atoms with Crippen molar-refractivity contribution in [2.75, 3.05) is 25.6 Å². The molecule has 1 aromatic rings. The normalized spacial score (nSPS) is 12.0. The van der Waals surface area contributed by atoms with Gasteiger partial charge in [-0.15, -0.1) is 0 Å². The molecule has 100 valence electrons. The van der Waals surface area contributed by atoms with Crippen LogP contribution in [0.25, 0.3) is 0 Å². The lowest BCUT2D eigenvalue weighted by atomic mass is 10.2. The van der Waals surface area contributed by atoms with Gasteiger partial charge in [-0.05, 0) is 31.5 Å². The van der Waals surface area contributed by atoms with E-state index < -0.39 is 0 Å². The molecular formula is C13H19FN2O2. The Labute approximate surface area is 107 Å². The van der Waals surface area contributed by atoms with E-state index in [0.29, 0.717) is 17.9 Å². The fourth-order valence-electron chi connectivity index (χ4n) is 1.50. The third-order valence-electron chi connectivity index (χ3n) is 2.45. The number of ether oxygens (including phenoxy) is 1. The van der Waals surface area contributed by atoms with Crippen molar-refractivity contribution in [2.45, 2.75) is 19.9 Å². The van der Waals surface area contributed by atoms with Crippen LogP contribution < -0.4 is 10.6 Å². The predicted molar refractivity (Wildman–Crippen MR) is 69.1 cm³/mol. The summed E-state index contributed by atoms with van der Waals surface area (Å²) in [6.45, 7) is 4.12. The van der Waals surface area contributed by atoms with Crippen molar-refractivity contribution >= 4 is 11.6 Å². The molecule has 0 aromatic heterocycles. The van der Waals surface area contributed by atoms with E-state index >= 15 is 0 Å². The van der Waals surface area contributed by atoms with Crippen LogP contribution in [-0.2, 0) is 9.53 Å². The highest BCUT2D eigenvalue weighted by Gasteiger charge is 2.07. The molecule has 0 saturated heterocycles. The van der Waals surface area contributed by atoms with E-state index in [0.717, 1.165) is 0 Å². The third-order valence-corrected chi connectivity index (χ3v) is 2.45. The first-order valence-corrected chi connectivity index (χ1v) is 5.81. The summed E-state index contributed by atoms with van der Waals surface area (Å²) in [6.07, 6.45) is 0. The Morgan fingerprint density at radius 3 is 2.83 bits per heavy atom. The average molecular weight is 254 g/mol. The molecule has 18 heavy (non-hydrogen) atoms. The molecule has 5 heteroatoms. The van der Waals surface area contributed by atoms with E-state index in [-0.39, 0.29) is 24.3 Å². The molecule has 0 aliphatic heterocycles. The molecule has 0 aliphatic rings. The number of rotatable bonds is 6. The van der Waals surface area contributed by atoms with Gasteiger partial charge in [-0.1, -0.05) is 6.07 Å². The number of benzene rings is 1. The highest BCUT2D eigenvalue weighted by molar-refractivity contribution is 5.80. The van der Waals surface area contributed by atoms with Crippen molar-refractivity contribution in [1.29, 1.82) is 0 Å². The van der Waals surface area contributed by atoms with Crippen molar-refractivity contribution in [3.63, 3.8) is 0 Å². The lowest BCUT2D eigenvalue weighted by molar-refractivity contribution is -0.120. The monoisotopic (exact) mass is 254 g/mol. The molecule has 1 rings (SSSR count). The van der Waals surface area contributed by atoms with Crippen molar-refractivity contribution in [1.82, 2.24) is 5.32 Å². The summed E-state index contributed by atoms with van der Waals surface area (Å²) in [7, 11) is 1.58. The minimum atomic E-state index is -0.284. The average Bonchev–Trinajstić information content (AvgIpc) is 2.31. The molecule has 4 nitrogen and oxygen atoms in total. The second-order valence-corrected chi connectivity index (χ2v) is 4.24. The molecule has 1 aromatic carbocycles. The van der Waals surface area contributed by atoms with Gasteiger partial charge in [0, 0.05) is 18.8 Å². The molecule has 0 heterocycles. The number of hydrogen-bond acceptors (Lipinski definition) is 3. The van der Waals surface area contributed by atoms with Gasteiger partial charge in [0.05, 0.1) is 13.2 Å². The number of methoxy groups -OCH3 is 1. The minimum Gasteiger partial charge on any atom is -0.383 e. The van der Waals surface area contributed by atoms with Crippen LogP contribution in [-0.4, -0.2) is 32.2 Å². The van der Waals surface area contributed by atoms with E-state index in [1.807, 2.05) is 6.92 Å². The number of carbonyl (C=O) groups is 1. The summed E-state index contributed by atoms with van der Waals surface area (Å²) in [5, 5.41) is 5.62. The number of halogens is 1. The number of nitrogens with one attached hydrogen (secondary N) is 2. The van der Waals surface area contributed by atoms with E-state index in [4.69, 9.17) is 4.74 Å². The summed E-state index contributed by atoms with van der Waals surface area (Å²) in [4.78, 5) is 11.5. The summed E-state index contributed by atoms with van der Waals surface area (Å²) in [5.41, 5.74) is 1.17. The first-order valence-electron chi connectivity index (χ1n) is 5.81. The summed E-state index contributed by atoms with van der Waals surface area (Å²) < 4.78 is 18.2. The van der Waals surface area contributed by atoms with Crippen LogP contribution in [0.15, 0.2) is 18.2 Å². The zero-order valence-corrected chi connectivity index (χ0v) is 10.9. The molecule has 1 atom stereocenters. The van der Waals surface area contributed by atoms with Crippen LogP contribution in [0.1, 0.15) is 12.5 Å². The van der Waals surface area contributed by atoms with Gasteiger partial charge in [0.15, 0.2) is 0 Å². The van der Waals surface area contributed by atoms with Crippen LogP contribution in [0.5, 0.6) is 0 Å². The Bertz CT molecular complexity index is 410. The molecule has 1 unspecified atom stereocenters. The minimum absolute atomic E-state index is 0.0425. The molecule has 0 fully saturated rings. The number of amides is 1. The van der Waals surface area contributed by atoms with Crippen molar-refractivity contribution < 1.29 is 13.9 Å². The Morgan fingerprint density at radius 1 is 1.50 bits per heavy atom. The molecule has 0 aliphatic carbocycles. The maximum atomic E-state index is 13.3. The van der Waals surface area contributed by atoms with E-state index in [9.17, 15) is 9.18 Å². The Kier molecular flexibility index (Phi) is 5.58. The molecular weight excluding hydrogens is 235 g/mol. The van der Waals surface area contributed by atoms with E-state index in [1.165, 1.54) is 6.07 Å². The summed E-state index contributed by atoms with van der Waals surface area (Å²) in [5.74, 6) is -0.436. The summed E-state index contributed by atoms with van der Waals surface area (Å²) in [6, 6.07) is 4.74. The first kappa shape index (κ1) is 14.4. The van der Waals surface area contributed by atoms with Gasteiger partial charge >= 0.3 is 0 Å². The smallest absolute Gasteiger partial charge is 0.239 e. The third kappa shape index (κ3) is 4.71. The van der Waals surface area contributed by atoms with Crippen molar-refractivity contribution in [3.05, 3.63) is 29.6 Å². The topological polar surface area (TPSA) is 50.4 Å². The van der Waals surface area contributed by atoms with Crippen LogP contribution in [0.4, 0.5) is 10.1 Å². The fraction of sp³-hybridized carbons (Fsp3) is 0.462. The molecule has 0 radical (unpaired) electrons. The van der Waals surface area contributed by atoms with Gasteiger partial charge in [-0.3, -0.25) is 4.79 Å². The highest BCUT2D eigenvalue weighted by atomic mass is 19.1. The Morgan fingerprint density at radius 2 is 2.22 bits per heavy atom. The number of hydrogen-bond donors (Lipinski definition) is 2. The van der Waals surface area contributed by atoms with Crippen LogP contribution >= 0.6 is 0 Å². The standard InChI is InChI=1S/C13H19FN2O2/c1-9-4-5-11(6-12(9)14)15-7-13(17)16-10(2)8-18-3/h4-6,10,15H,7-8H2,1-3H3,(H,16,17). The molecule has 2 N–H and O–H groups in total. The van der Waals surface area contributed by atoms with Crippen molar-refractivity contribution in [2.24, 2.45) is 0 Å². The van der Waals surface area contributed by atoms with E-state index in [2.05, 4.69) is 10.6 Å². The second kappa shape index (κ2) is 6.96. The molecule has 0 bridgehead atoms. The predicted octanol–water partition coefficient (Wildman–Crippen LogP) is 1.70. The van der Waals surface area contributed by atoms with Gasteiger partial charge in [0.2, 0.25) is 5.91 Å². The lowest BCUT2D eigenvalue weighted by Crippen LogP contribution is -2.39. The van der Waals surface area contributed by atoms with Gasteiger partial charge in [0.1, 0.15) is 5.82 Å². The molecule has 1 amide bonds. The largest absolute Gasteiger partial charge is 0.383 e. The first-order chi connectivity index (χ1) is 8.52. The van der Waals surface area contributed by atoms with Gasteiger partial charge < -0.3 is 15.4 Å². The van der Waals surface area contributed by atoms with Gasteiger partial charge in [-0.2, -0.15) is 0 Å². The van der Waals surface area contributed by atoms with Crippen LogP contribution in [0, 0.1) is 12.7 Å². The zero-order chi connectivity index (χ0) is 13.5. The lowest BCUT2D eigenvalue weighted by Gasteiger charge is -2.13.